The monoisotopic (exact) mass is 227 g/mol. The molecule has 2 heteroatoms. The number of hydrogen-bond acceptors (Lipinski definition) is 2. The van der Waals surface area contributed by atoms with Gasteiger partial charge < -0.3 is 10.5 Å². The molecular weight excluding hydrogens is 210 g/mol. The lowest BCUT2D eigenvalue weighted by Crippen LogP contribution is -2.23. The zero-order chi connectivity index (χ0) is 12.1. The molecule has 2 nitrogen and oxygen atoms in total. The molecule has 0 bridgehead atoms. The van der Waals surface area contributed by atoms with Crippen LogP contribution in [0, 0.1) is 0 Å². The highest BCUT2D eigenvalue weighted by molar-refractivity contribution is 5.70. The van der Waals surface area contributed by atoms with E-state index in [4.69, 9.17) is 10.5 Å². The first-order valence-corrected chi connectivity index (χ1v) is 5.80. The van der Waals surface area contributed by atoms with E-state index in [0.717, 1.165) is 16.9 Å². The minimum absolute atomic E-state index is 0.0406. The van der Waals surface area contributed by atoms with E-state index in [1.165, 1.54) is 0 Å². The maximum atomic E-state index is 5.73. The Morgan fingerprint density at radius 2 is 1.65 bits per heavy atom. The lowest BCUT2D eigenvalue weighted by Gasteiger charge is -2.13. The molecule has 0 heterocycles. The van der Waals surface area contributed by atoms with Crippen LogP contribution in [0.2, 0.25) is 0 Å². The third kappa shape index (κ3) is 3.08. The van der Waals surface area contributed by atoms with Gasteiger partial charge in [-0.2, -0.15) is 0 Å². The Kier molecular flexibility index (Phi) is 3.78. The van der Waals surface area contributed by atoms with Crippen LogP contribution < -0.4 is 10.5 Å². The van der Waals surface area contributed by atoms with Crippen LogP contribution in [0.3, 0.4) is 0 Å². The van der Waals surface area contributed by atoms with Crippen molar-refractivity contribution < 1.29 is 4.74 Å². The van der Waals surface area contributed by atoms with Crippen LogP contribution in [0.4, 0.5) is 0 Å². The summed E-state index contributed by atoms with van der Waals surface area (Å²) < 4.78 is 5.73. The van der Waals surface area contributed by atoms with Gasteiger partial charge in [0.1, 0.15) is 12.4 Å². The Labute approximate surface area is 102 Å². The van der Waals surface area contributed by atoms with E-state index in [0.29, 0.717) is 6.61 Å². The number of benzene rings is 2. The van der Waals surface area contributed by atoms with E-state index >= 15 is 0 Å². The molecule has 17 heavy (non-hydrogen) atoms. The Balaban J connectivity index is 2.28. The molecule has 1 atom stereocenters. The van der Waals surface area contributed by atoms with Crippen molar-refractivity contribution in [1.82, 2.24) is 0 Å². The second kappa shape index (κ2) is 5.51. The summed E-state index contributed by atoms with van der Waals surface area (Å²) in [7, 11) is 0. The van der Waals surface area contributed by atoms with Gasteiger partial charge in [0, 0.05) is 11.6 Å². The molecule has 88 valence electrons. The summed E-state index contributed by atoms with van der Waals surface area (Å²) in [6.45, 7) is 2.47. The minimum Gasteiger partial charge on any atom is -0.491 e. The largest absolute Gasteiger partial charge is 0.491 e. The lowest BCUT2D eigenvalue weighted by molar-refractivity contribution is 0.297. The van der Waals surface area contributed by atoms with Crippen LogP contribution in [0.25, 0.3) is 11.1 Å². The molecule has 0 aliphatic heterocycles. The molecule has 0 amide bonds. The van der Waals surface area contributed by atoms with E-state index in [1.807, 2.05) is 43.3 Å². The maximum absolute atomic E-state index is 5.73. The average molecular weight is 227 g/mol. The van der Waals surface area contributed by atoms with Gasteiger partial charge in [-0.1, -0.05) is 48.5 Å². The Hall–Kier alpha value is -1.80. The van der Waals surface area contributed by atoms with Gasteiger partial charge in [-0.15, -0.1) is 0 Å². The van der Waals surface area contributed by atoms with Gasteiger partial charge in [0.25, 0.3) is 0 Å². The third-order valence-electron chi connectivity index (χ3n) is 2.47. The predicted molar refractivity (Wildman–Crippen MR) is 71.0 cm³/mol. The third-order valence-corrected chi connectivity index (χ3v) is 2.47. The Morgan fingerprint density at radius 1 is 1.00 bits per heavy atom. The predicted octanol–water partition coefficient (Wildman–Crippen LogP) is 3.08. The van der Waals surface area contributed by atoms with Crippen molar-refractivity contribution in [1.29, 1.82) is 0 Å². The van der Waals surface area contributed by atoms with E-state index in [9.17, 15) is 0 Å². The van der Waals surface area contributed by atoms with Gasteiger partial charge in [-0.25, -0.2) is 0 Å². The highest BCUT2D eigenvalue weighted by Gasteiger charge is 2.05. The van der Waals surface area contributed by atoms with Crippen LogP contribution in [-0.2, 0) is 0 Å². The lowest BCUT2D eigenvalue weighted by atomic mass is 10.1. The van der Waals surface area contributed by atoms with Crippen LogP contribution in [-0.4, -0.2) is 12.6 Å². The molecule has 0 aliphatic carbocycles. The van der Waals surface area contributed by atoms with Gasteiger partial charge in [-0.3, -0.25) is 0 Å². The molecule has 2 aromatic carbocycles. The standard InChI is InChI=1S/C15H17NO/c1-12(16)11-17-15-10-6-5-9-14(15)13-7-3-2-4-8-13/h2-10,12H,11,16H2,1H3/t12-/m0/s1. The van der Waals surface area contributed by atoms with Crippen molar-refractivity contribution in [2.75, 3.05) is 6.61 Å². The van der Waals surface area contributed by atoms with Crippen molar-refractivity contribution in [2.45, 2.75) is 13.0 Å². The highest BCUT2D eigenvalue weighted by Crippen LogP contribution is 2.29. The second-order valence-electron chi connectivity index (χ2n) is 4.15. The fraction of sp³-hybridized carbons (Fsp3) is 0.200. The van der Waals surface area contributed by atoms with Crippen molar-refractivity contribution in [3.63, 3.8) is 0 Å². The van der Waals surface area contributed by atoms with E-state index in [2.05, 4.69) is 18.2 Å². The highest BCUT2D eigenvalue weighted by atomic mass is 16.5. The molecule has 0 fully saturated rings. The summed E-state index contributed by atoms with van der Waals surface area (Å²) in [5, 5.41) is 0. The first-order valence-electron chi connectivity index (χ1n) is 5.80. The molecule has 2 aromatic rings. The van der Waals surface area contributed by atoms with Gasteiger partial charge in [0.15, 0.2) is 0 Å². The van der Waals surface area contributed by atoms with Crippen LogP contribution in [0.5, 0.6) is 5.75 Å². The molecular formula is C15H17NO. The van der Waals surface area contributed by atoms with Crippen LogP contribution in [0.1, 0.15) is 6.92 Å². The van der Waals surface area contributed by atoms with Crippen LogP contribution in [0.15, 0.2) is 54.6 Å². The molecule has 0 saturated carbocycles. The topological polar surface area (TPSA) is 35.2 Å². The average Bonchev–Trinajstić information content (AvgIpc) is 2.38. The van der Waals surface area contributed by atoms with Gasteiger partial charge in [0.05, 0.1) is 0 Å². The smallest absolute Gasteiger partial charge is 0.127 e. The Bertz CT molecular complexity index is 465. The molecule has 2 rings (SSSR count). The number of rotatable bonds is 4. The first-order chi connectivity index (χ1) is 8.27. The fourth-order valence-electron chi connectivity index (χ4n) is 1.67. The SMILES string of the molecule is C[C@H](N)COc1ccccc1-c1ccccc1. The van der Waals surface area contributed by atoms with Crippen molar-refractivity contribution in [3.8, 4) is 16.9 Å². The van der Waals surface area contributed by atoms with Crippen molar-refractivity contribution >= 4 is 0 Å². The van der Waals surface area contributed by atoms with E-state index < -0.39 is 0 Å². The summed E-state index contributed by atoms with van der Waals surface area (Å²) in [5.41, 5.74) is 7.97. The molecule has 0 unspecified atom stereocenters. The summed E-state index contributed by atoms with van der Waals surface area (Å²) in [6.07, 6.45) is 0. The van der Waals surface area contributed by atoms with Gasteiger partial charge in [-0.05, 0) is 18.6 Å². The quantitative estimate of drug-likeness (QED) is 0.871. The minimum atomic E-state index is 0.0406. The van der Waals surface area contributed by atoms with E-state index in [-0.39, 0.29) is 6.04 Å². The summed E-state index contributed by atoms with van der Waals surface area (Å²) in [6, 6.07) is 18.3. The zero-order valence-corrected chi connectivity index (χ0v) is 9.97. The number of ether oxygens (including phenoxy) is 1. The summed E-state index contributed by atoms with van der Waals surface area (Å²) in [5.74, 6) is 0.885. The number of para-hydroxylation sites is 1. The molecule has 0 spiro atoms. The summed E-state index contributed by atoms with van der Waals surface area (Å²) in [4.78, 5) is 0. The normalized spacial score (nSPS) is 12.1. The number of hydrogen-bond donors (Lipinski definition) is 1. The fourth-order valence-corrected chi connectivity index (χ4v) is 1.67. The Morgan fingerprint density at radius 3 is 2.35 bits per heavy atom. The number of nitrogens with two attached hydrogens (primary N) is 1. The van der Waals surface area contributed by atoms with E-state index in [1.54, 1.807) is 0 Å². The molecule has 0 aliphatic rings. The van der Waals surface area contributed by atoms with Gasteiger partial charge >= 0.3 is 0 Å². The second-order valence-corrected chi connectivity index (χ2v) is 4.15. The van der Waals surface area contributed by atoms with Crippen molar-refractivity contribution in [3.05, 3.63) is 54.6 Å². The summed E-state index contributed by atoms with van der Waals surface area (Å²) >= 11 is 0. The van der Waals surface area contributed by atoms with Crippen LogP contribution >= 0.6 is 0 Å². The zero-order valence-electron chi connectivity index (χ0n) is 9.97. The van der Waals surface area contributed by atoms with Crippen molar-refractivity contribution in [2.24, 2.45) is 5.73 Å². The molecule has 2 N–H and O–H groups in total. The maximum Gasteiger partial charge on any atom is 0.127 e. The molecule has 0 radical (unpaired) electrons. The van der Waals surface area contributed by atoms with Gasteiger partial charge in [0.2, 0.25) is 0 Å². The molecule has 0 aromatic heterocycles. The first kappa shape index (κ1) is 11.7. The molecule has 0 saturated heterocycles.